The van der Waals surface area contributed by atoms with Gasteiger partial charge >= 0.3 is 0 Å². The number of pyridine rings is 1. The first kappa shape index (κ1) is 20.4. The van der Waals surface area contributed by atoms with Crippen LogP contribution < -0.4 is 15.4 Å². The van der Waals surface area contributed by atoms with Gasteiger partial charge in [0.2, 0.25) is 0 Å². The van der Waals surface area contributed by atoms with Gasteiger partial charge in [-0.1, -0.05) is 18.2 Å². The van der Waals surface area contributed by atoms with Gasteiger partial charge in [-0.05, 0) is 56.2 Å². The molecule has 152 valence electrons. The standard InChI is InChI=1S/C22H28N6O/c1-5-23-22(25-13-18-6-9-20(29-4)10-7-18)26-15-19-8-11-21(24-14-19)28-17(3)12-16(2)27-28/h6-12,14H,5,13,15H2,1-4H3,(H2,23,25,26). The Morgan fingerprint density at radius 1 is 1.07 bits per heavy atom. The summed E-state index contributed by atoms with van der Waals surface area (Å²) in [4.78, 5) is 9.20. The summed E-state index contributed by atoms with van der Waals surface area (Å²) in [7, 11) is 1.67. The van der Waals surface area contributed by atoms with Crippen LogP contribution in [0.1, 0.15) is 29.4 Å². The average molecular weight is 393 g/mol. The molecule has 0 fully saturated rings. The number of aryl methyl sites for hydroxylation is 2. The second-order valence-corrected chi connectivity index (χ2v) is 6.76. The zero-order chi connectivity index (χ0) is 20.6. The lowest BCUT2D eigenvalue weighted by atomic mass is 10.2. The molecule has 0 bridgehead atoms. The Bertz CT molecular complexity index is 944. The third-order valence-electron chi connectivity index (χ3n) is 4.42. The number of ether oxygens (including phenoxy) is 1. The molecule has 0 saturated carbocycles. The van der Waals surface area contributed by atoms with Crippen molar-refractivity contribution in [2.45, 2.75) is 33.9 Å². The van der Waals surface area contributed by atoms with Crippen LogP contribution in [0.5, 0.6) is 5.75 Å². The van der Waals surface area contributed by atoms with Gasteiger partial charge < -0.3 is 15.4 Å². The number of rotatable bonds is 7. The predicted molar refractivity (Wildman–Crippen MR) is 115 cm³/mol. The summed E-state index contributed by atoms with van der Waals surface area (Å²) < 4.78 is 7.05. The van der Waals surface area contributed by atoms with Gasteiger partial charge in [-0.3, -0.25) is 0 Å². The SMILES string of the molecule is CCNC(=NCc1ccc(-n2nc(C)cc2C)nc1)NCc1ccc(OC)cc1. The summed E-state index contributed by atoms with van der Waals surface area (Å²) in [5.74, 6) is 2.43. The molecule has 0 spiro atoms. The molecule has 0 amide bonds. The number of nitrogens with zero attached hydrogens (tertiary/aromatic N) is 4. The molecule has 7 heteroatoms. The van der Waals surface area contributed by atoms with E-state index in [2.05, 4.69) is 32.6 Å². The van der Waals surface area contributed by atoms with Crippen LogP contribution in [0.4, 0.5) is 0 Å². The number of guanidine groups is 1. The smallest absolute Gasteiger partial charge is 0.191 e. The van der Waals surface area contributed by atoms with Crippen LogP contribution in [-0.4, -0.2) is 34.4 Å². The van der Waals surface area contributed by atoms with Gasteiger partial charge in [0.15, 0.2) is 11.8 Å². The Morgan fingerprint density at radius 3 is 2.41 bits per heavy atom. The molecule has 1 aromatic carbocycles. The first-order chi connectivity index (χ1) is 14.1. The maximum atomic E-state index is 5.20. The van der Waals surface area contributed by atoms with Crippen LogP contribution >= 0.6 is 0 Å². The number of hydrogen-bond donors (Lipinski definition) is 2. The highest BCUT2D eigenvalue weighted by atomic mass is 16.5. The Morgan fingerprint density at radius 2 is 1.83 bits per heavy atom. The maximum Gasteiger partial charge on any atom is 0.191 e. The molecule has 0 unspecified atom stereocenters. The molecule has 2 N–H and O–H groups in total. The molecule has 7 nitrogen and oxygen atoms in total. The van der Waals surface area contributed by atoms with Crippen molar-refractivity contribution in [3.63, 3.8) is 0 Å². The molecule has 2 aromatic heterocycles. The van der Waals surface area contributed by atoms with E-state index in [1.165, 1.54) is 0 Å². The topological polar surface area (TPSA) is 76.4 Å². The minimum Gasteiger partial charge on any atom is -0.497 e. The van der Waals surface area contributed by atoms with Crippen molar-refractivity contribution in [1.82, 2.24) is 25.4 Å². The van der Waals surface area contributed by atoms with Crippen molar-refractivity contribution in [3.8, 4) is 11.6 Å². The first-order valence-electron chi connectivity index (χ1n) is 9.72. The van der Waals surface area contributed by atoms with Gasteiger partial charge in [-0.15, -0.1) is 0 Å². The van der Waals surface area contributed by atoms with Crippen LogP contribution in [0.3, 0.4) is 0 Å². The van der Waals surface area contributed by atoms with Gasteiger partial charge in [0.05, 0.1) is 19.3 Å². The molecule has 2 heterocycles. The molecule has 3 rings (SSSR count). The molecule has 0 aliphatic rings. The number of aromatic nitrogens is 3. The van der Waals surface area contributed by atoms with E-state index in [0.29, 0.717) is 13.1 Å². The highest BCUT2D eigenvalue weighted by Gasteiger charge is 2.05. The zero-order valence-electron chi connectivity index (χ0n) is 17.4. The number of benzene rings is 1. The van der Waals surface area contributed by atoms with Crippen molar-refractivity contribution >= 4 is 5.96 Å². The molecule has 0 aliphatic heterocycles. The maximum absolute atomic E-state index is 5.20. The predicted octanol–water partition coefficient (Wildman–Crippen LogP) is 3.15. The molecular weight excluding hydrogens is 364 g/mol. The lowest BCUT2D eigenvalue weighted by Crippen LogP contribution is -2.36. The fraction of sp³-hybridized carbons (Fsp3) is 0.318. The summed E-state index contributed by atoms with van der Waals surface area (Å²) >= 11 is 0. The molecule has 0 radical (unpaired) electrons. The van der Waals surface area contributed by atoms with Gasteiger partial charge in [-0.25, -0.2) is 14.7 Å². The van der Waals surface area contributed by atoms with Crippen LogP contribution in [0.25, 0.3) is 5.82 Å². The highest BCUT2D eigenvalue weighted by molar-refractivity contribution is 5.79. The lowest BCUT2D eigenvalue weighted by Gasteiger charge is -2.12. The molecule has 3 aromatic rings. The molecule has 0 atom stereocenters. The summed E-state index contributed by atoms with van der Waals surface area (Å²) in [6.45, 7) is 8.08. The minimum absolute atomic E-state index is 0.544. The Labute approximate surface area is 171 Å². The summed E-state index contributed by atoms with van der Waals surface area (Å²) in [5, 5.41) is 11.1. The summed E-state index contributed by atoms with van der Waals surface area (Å²) in [5.41, 5.74) is 4.25. The van der Waals surface area contributed by atoms with E-state index in [-0.39, 0.29) is 0 Å². The van der Waals surface area contributed by atoms with Gasteiger partial charge in [-0.2, -0.15) is 5.10 Å². The average Bonchev–Trinajstić information content (AvgIpc) is 3.08. The van der Waals surface area contributed by atoms with Crippen LogP contribution in [0, 0.1) is 13.8 Å². The Balaban J connectivity index is 1.62. The molecular formula is C22H28N6O. The second kappa shape index (κ2) is 9.73. The first-order valence-corrected chi connectivity index (χ1v) is 9.72. The van der Waals surface area contributed by atoms with Crippen molar-refractivity contribution in [2.24, 2.45) is 4.99 Å². The van der Waals surface area contributed by atoms with Gasteiger partial charge in [0, 0.05) is 25.0 Å². The number of nitrogens with one attached hydrogen (secondary N) is 2. The minimum atomic E-state index is 0.544. The number of hydrogen-bond acceptors (Lipinski definition) is 4. The third kappa shape index (κ3) is 5.57. The van der Waals surface area contributed by atoms with E-state index >= 15 is 0 Å². The van der Waals surface area contributed by atoms with Crippen LogP contribution in [0.2, 0.25) is 0 Å². The zero-order valence-corrected chi connectivity index (χ0v) is 17.4. The van der Waals surface area contributed by atoms with Gasteiger partial charge in [0.1, 0.15) is 5.75 Å². The fourth-order valence-corrected chi connectivity index (χ4v) is 2.94. The Kier molecular flexibility index (Phi) is 6.84. The molecule has 0 aliphatic carbocycles. The van der Waals surface area contributed by atoms with Crippen molar-refractivity contribution in [3.05, 3.63) is 71.2 Å². The summed E-state index contributed by atoms with van der Waals surface area (Å²) in [6, 6.07) is 14.0. The van der Waals surface area contributed by atoms with E-state index < -0.39 is 0 Å². The Hall–Kier alpha value is -3.35. The lowest BCUT2D eigenvalue weighted by molar-refractivity contribution is 0.414. The van der Waals surface area contributed by atoms with Crippen LogP contribution in [-0.2, 0) is 13.1 Å². The van der Waals surface area contributed by atoms with Crippen molar-refractivity contribution < 1.29 is 4.74 Å². The molecule has 0 saturated heterocycles. The monoisotopic (exact) mass is 392 g/mol. The van der Waals surface area contributed by atoms with Gasteiger partial charge in [0.25, 0.3) is 0 Å². The van der Waals surface area contributed by atoms with E-state index in [4.69, 9.17) is 4.74 Å². The van der Waals surface area contributed by atoms with Crippen molar-refractivity contribution in [2.75, 3.05) is 13.7 Å². The summed E-state index contributed by atoms with van der Waals surface area (Å²) in [6.07, 6.45) is 1.85. The quantitative estimate of drug-likeness (QED) is 0.477. The van der Waals surface area contributed by atoms with Crippen LogP contribution in [0.15, 0.2) is 53.7 Å². The number of aliphatic imine (C=N–C) groups is 1. The van der Waals surface area contributed by atoms with E-state index in [1.54, 1.807) is 7.11 Å². The largest absolute Gasteiger partial charge is 0.497 e. The second-order valence-electron chi connectivity index (χ2n) is 6.76. The van der Waals surface area contributed by atoms with E-state index in [1.807, 2.05) is 67.2 Å². The van der Waals surface area contributed by atoms with E-state index in [0.717, 1.165) is 46.6 Å². The third-order valence-corrected chi connectivity index (χ3v) is 4.42. The van der Waals surface area contributed by atoms with E-state index in [9.17, 15) is 0 Å². The van der Waals surface area contributed by atoms with Crippen molar-refractivity contribution in [1.29, 1.82) is 0 Å². The highest BCUT2D eigenvalue weighted by Crippen LogP contribution is 2.12. The molecule has 29 heavy (non-hydrogen) atoms. The normalized spacial score (nSPS) is 11.4. The fourth-order valence-electron chi connectivity index (χ4n) is 2.94. The number of methoxy groups -OCH3 is 1.